The number of likely N-dealkylation sites (N-methyl/N-ethyl adjacent to an activating group) is 1. The van der Waals surface area contributed by atoms with E-state index in [1.165, 1.54) is 12.0 Å². The molecule has 1 unspecified atom stereocenters. The lowest BCUT2D eigenvalue weighted by atomic mass is 9.74. The summed E-state index contributed by atoms with van der Waals surface area (Å²) in [7, 11) is 3.15. The number of amides is 1. The van der Waals surface area contributed by atoms with Gasteiger partial charge in [0.2, 0.25) is 0 Å². The molecule has 13 nitrogen and oxygen atoms in total. The summed E-state index contributed by atoms with van der Waals surface area (Å²) in [6.07, 6.45) is -6.65. The summed E-state index contributed by atoms with van der Waals surface area (Å²) in [5.74, 6) is -4.14. The molecule has 1 amide bonds. The Bertz CT molecular complexity index is 1120. The lowest BCUT2D eigenvalue weighted by molar-refractivity contribution is -0.291. The lowest BCUT2D eigenvalue weighted by Gasteiger charge is -2.47. The van der Waals surface area contributed by atoms with Gasteiger partial charge in [-0.15, -0.1) is 0 Å². The van der Waals surface area contributed by atoms with E-state index in [4.69, 9.17) is 33.2 Å². The van der Waals surface area contributed by atoms with Crippen LogP contribution < -0.4 is 0 Å². The molecule has 14 atom stereocenters. The molecular weight excluding hydrogens is 578 g/mol. The largest absolute Gasteiger partial charge is 0.509 e. The third-order valence-corrected chi connectivity index (χ3v) is 10.3. The van der Waals surface area contributed by atoms with Crippen molar-refractivity contribution in [1.29, 1.82) is 0 Å². The zero-order valence-electron chi connectivity index (χ0n) is 27.4. The summed E-state index contributed by atoms with van der Waals surface area (Å²) in [5.41, 5.74) is -2.63. The zero-order valence-corrected chi connectivity index (χ0v) is 27.4. The van der Waals surface area contributed by atoms with Crippen LogP contribution in [0.2, 0.25) is 0 Å². The molecule has 0 aromatic heterocycles. The molecule has 13 heteroatoms. The highest BCUT2D eigenvalue weighted by atomic mass is 16.8. The Morgan fingerprint density at radius 2 is 1.66 bits per heavy atom. The maximum absolute atomic E-state index is 13.9. The van der Waals surface area contributed by atoms with Crippen LogP contribution in [0.5, 0.6) is 0 Å². The van der Waals surface area contributed by atoms with Gasteiger partial charge in [-0.1, -0.05) is 27.7 Å². The van der Waals surface area contributed by atoms with Crippen molar-refractivity contribution >= 4 is 24.0 Å². The van der Waals surface area contributed by atoms with E-state index in [0.717, 1.165) is 0 Å². The number of aliphatic hydroxyl groups is 1. The SMILES string of the molecule is CC[C@H]1OC(=O)[C@H](C)[C@@H](O)[C@H](C)[C@@H](OC2O[C@H](C)C[C@H]3[C@H]2OC(=O)N3C)[C@@](C)(OC)C[C@@H](C)C(=O)[C@H](C)[C@H]2OC(=O)O[C@@]21C. The van der Waals surface area contributed by atoms with Crippen molar-refractivity contribution in [2.75, 3.05) is 14.2 Å². The van der Waals surface area contributed by atoms with E-state index < -0.39 is 89.9 Å². The number of carbonyl (C=O) groups excluding carboxylic acids is 4. The maximum Gasteiger partial charge on any atom is 0.509 e. The van der Waals surface area contributed by atoms with E-state index in [2.05, 4.69) is 0 Å². The monoisotopic (exact) mass is 627 g/mol. The molecule has 0 aromatic rings. The number of aliphatic hydroxyl groups excluding tert-OH is 1. The van der Waals surface area contributed by atoms with Crippen molar-refractivity contribution in [3.63, 3.8) is 0 Å². The normalized spacial score (nSPS) is 47.1. The van der Waals surface area contributed by atoms with Crippen LogP contribution in [-0.2, 0) is 42.7 Å². The van der Waals surface area contributed by atoms with Gasteiger partial charge in [-0.3, -0.25) is 9.59 Å². The Balaban J connectivity index is 1.75. The first kappa shape index (κ1) is 34.4. The van der Waals surface area contributed by atoms with E-state index in [-0.39, 0.29) is 30.8 Å². The average molecular weight is 628 g/mol. The van der Waals surface area contributed by atoms with E-state index >= 15 is 0 Å². The first-order valence-electron chi connectivity index (χ1n) is 15.6. The van der Waals surface area contributed by atoms with Gasteiger partial charge < -0.3 is 43.2 Å². The second-order valence-electron chi connectivity index (χ2n) is 13.5. The topological polar surface area (TPSA) is 156 Å². The Hall–Kier alpha value is -2.48. The number of carbonyl (C=O) groups is 4. The minimum Gasteiger partial charge on any atom is -0.458 e. The summed E-state index contributed by atoms with van der Waals surface area (Å²) < 4.78 is 41.5. The molecule has 0 bridgehead atoms. The van der Waals surface area contributed by atoms with E-state index in [0.29, 0.717) is 6.42 Å². The molecule has 1 N–H and O–H groups in total. The number of ketones is 1. The van der Waals surface area contributed by atoms with Crippen molar-refractivity contribution in [3.8, 4) is 0 Å². The van der Waals surface area contributed by atoms with Gasteiger partial charge in [-0.2, -0.15) is 0 Å². The van der Waals surface area contributed by atoms with E-state index in [1.54, 1.807) is 55.5 Å². The van der Waals surface area contributed by atoms with Crippen LogP contribution in [0.25, 0.3) is 0 Å². The molecule has 4 heterocycles. The molecule has 0 saturated carbocycles. The summed E-state index contributed by atoms with van der Waals surface area (Å²) in [4.78, 5) is 53.8. The molecule has 0 aliphatic carbocycles. The van der Waals surface area contributed by atoms with E-state index in [1.807, 2.05) is 6.92 Å². The number of Topliss-reactive ketones (excluding diaryl/α,β-unsaturated/α-hetero) is 1. The van der Waals surface area contributed by atoms with Crippen molar-refractivity contribution < 1.29 is 57.4 Å². The van der Waals surface area contributed by atoms with Gasteiger partial charge in [0, 0.05) is 26.0 Å². The van der Waals surface area contributed by atoms with Gasteiger partial charge in [0.05, 0.1) is 41.8 Å². The smallest absolute Gasteiger partial charge is 0.458 e. The second kappa shape index (κ2) is 12.7. The number of fused-ring (bicyclic) bond motifs is 2. The van der Waals surface area contributed by atoms with Crippen LogP contribution in [-0.4, -0.2) is 108 Å². The third-order valence-electron chi connectivity index (χ3n) is 10.3. The van der Waals surface area contributed by atoms with Crippen LogP contribution in [0.15, 0.2) is 0 Å². The number of ether oxygens (including phenoxy) is 7. The minimum absolute atomic E-state index is 0.152. The highest BCUT2D eigenvalue weighted by molar-refractivity contribution is 5.84. The van der Waals surface area contributed by atoms with Gasteiger partial charge in [-0.05, 0) is 47.0 Å². The summed E-state index contributed by atoms with van der Waals surface area (Å²) >= 11 is 0. The standard InChI is InChI=1S/C31H49NO12/c1-11-20-31(8)25(43-29(37)44-31)16(4)21(33)14(2)13-30(7,38-10)24(17(5)22(34)18(6)26(35)40-20)42-27-23-19(12-15(3)39-27)32(9)28(36)41-23/h14-20,22-25,27,34H,11-13H2,1-10H3/t14-,15-,16+,17+,18-,19+,20-,22+,23-,24-,25-,27?,30+,31-/m1/s1. The average Bonchev–Trinajstić information content (AvgIpc) is 3.45. The van der Waals surface area contributed by atoms with Gasteiger partial charge >= 0.3 is 18.2 Å². The van der Waals surface area contributed by atoms with Crippen molar-refractivity contribution in [1.82, 2.24) is 4.90 Å². The molecule has 4 aliphatic rings. The highest BCUT2D eigenvalue weighted by Gasteiger charge is 2.59. The fraction of sp³-hybridized carbons (Fsp3) is 0.871. The second-order valence-corrected chi connectivity index (χ2v) is 13.5. The number of hydrogen-bond donors (Lipinski definition) is 1. The maximum atomic E-state index is 13.9. The van der Waals surface area contributed by atoms with Gasteiger partial charge in [0.25, 0.3) is 0 Å². The van der Waals surface area contributed by atoms with Crippen LogP contribution >= 0.6 is 0 Å². The van der Waals surface area contributed by atoms with Gasteiger partial charge in [-0.25, -0.2) is 9.59 Å². The molecule has 4 rings (SSSR count). The molecule has 4 fully saturated rings. The van der Waals surface area contributed by atoms with Crippen LogP contribution in [0.4, 0.5) is 9.59 Å². The van der Waals surface area contributed by atoms with Gasteiger partial charge in [0.15, 0.2) is 24.1 Å². The van der Waals surface area contributed by atoms with Crippen LogP contribution in [0.1, 0.15) is 74.7 Å². The summed E-state index contributed by atoms with van der Waals surface area (Å²) in [6.45, 7) is 13.7. The number of esters is 1. The minimum atomic E-state index is -1.43. The Morgan fingerprint density at radius 3 is 2.27 bits per heavy atom. The fourth-order valence-corrected chi connectivity index (χ4v) is 7.52. The number of methoxy groups -OCH3 is 1. The van der Waals surface area contributed by atoms with Gasteiger partial charge in [0.1, 0.15) is 11.9 Å². The van der Waals surface area contributed by atoms with Crippen LogP contribution in [0.3, 0.4) is 0 Å². The lowest BCUT2D eigenvalue weighted by Crippen LogP contribution is -2.59. The zero-order chi connectivity index (χ0) is 32.9. The fourth-order valence-electron chi connectivity index (χ4n) is 7.52. The quantitative estimate of drug-likeness (QED) is 0.359. The number of rotatable bonds is 4. The van der Waals surface area contributed by atoms with E-state index in [9.17, 15) is 24.3 Å². The molecule has 44 heavy (non-hydrogen) atoms. The highest BCUT2D eigenvalue weighted by Crippen LogP contribution is 2.43. The van der Waals surface area contributed by atoms with Crippen LogP contribution in [0, 0.1) is 23.7 Å². The number of cyclic esters (lactones) is 1. The Morgan fingerprint density at radius 1 is 1.00 bits per heavy atom. The molecule has 4 aliphatic heterocycles. The first-order valence-corrected chi connectivity index (χ1v) is 15.6. The predicted molar refractivity (Wildman–Crippen MR) is 153 cm³/mol. The van der Waals surface area contributed by atoms with Crippen molar-refractivity contribution in [2.45, 2.75) is 135 Å². The molecule has 250 valence electrons. The summed E-state index contributed by atoms with van der Waals surface area (Å²) in [6, 6.07) is -0.282. The first-order chi connectivity index (χ1) is 20.5. The molecule has 0 spiro atoms. The van der Waals surface area contributed by atoms with Crippen molar-refractivity contribution in [2.24, 2.45) is 23.7 Å². The Kier molecular flexibility index (Phi) is 9.95. The molecule has 0 radical (unpaired) electrons. The molecule has 4 saturated heterocycles. The molecule has 0 aromatic carbocycles. The Labute approximate surface area is 259 Å². The number of hydrogen-bond acceptors (Lipinski definition) is 12. The molecular formula is C31H49NO12. The number of nitrogens with zero attached hydrogens (tertiary/aromatic N) is 1. The third kappa shape index (κ3) is 6.04. The summed E-state index contributed by atoms with van der Waals surface area (Å²) in [5, 5.41) is 11.6. The predicted octanol–water partition coefficient (Wildman–Crippen LogP) is 3.22. The van der Waals surface area contributed by atoms with Crippen molar-refractivity contribution in [3.05, 3.63) is 0 Å².